The number of hydrogen-bond acceptors (Lipinski definition) is 4. The van der Waals surface area contributed by atoms with Crippen LogP contribution in [-0.2, 0) is 17.9 Å². The fourth-order valence-corrected chi connectivity index (χ4v) is 3.09. The Morgan fingerprint density at radius 2 is 1.82 bits per heavy atom. The lowest BCUT2D eigenvalue weighted by atomic mass is 10.2. The summed E-state index contributed by atoms with van der Waals surface area (Å²) < 4.78 is 3.13. The molecule has 2 aromatic carbocycles. The molecule has 0 atom stereocenters. The van der Waals surface area contributed by atoms with Crippen LogP contribution in [0.4, 0.5) is 5.69 Å². The van der Waals surface area contributed by atoms with Crippen molar-refractivity contribution >= 4 is 22.5 Å². The van der Waals surface area contributed by atoms with Crippen molar-refractivity contribution in [1.29, 1.82) is 0 Å². The van der Waals surface area contributed by atoms with Gasteiger partial charge in [0.2, 0.25) is 5.91 Å². The van der Waals surface area contributed by atoms with Crippen LogP contribution in [0.1, 0.15) is 11.4 Å². The SMILES string of the molecule is Cc1nc2ccccc2c(=O)n1CC(=O)Nc1cnn(Cc2ccccc2)c1. The molecule has 0 aliphatic heterocycles. The van der Waals surface area contributed by atoms with E-state index in [1.54, 1.807) is 42.2 Å². The van der Waals surface area contributed by atoms with Gasteiger partial charge in [0.1, 0.15) is 12.4 Å². The van der Waals surface area contributed by atoms with Crippen LogP contribution < -0.4 is 10.9 Å². The first-order chi connectivity index (χ1) is 13.6. The highest BCUT2D eigenvalue weighted by atomic mass is 16.2. The van der Waals surface area contributed by atoms with Crippen LogP contribution in [0.25, 0.3) is 10.9 Å². The van der Waals surface area contributed by atoms with Gasteiger partial charge in [0.15, 0.2) is 0 Å². The van der Waals surface area contributed by atoms with E-state index >= 15 is 0 Å². The highest BCUT2D eigenvalue weighted by Crippen LogP contribution is 2.10. The van der Waals surface area contributed by atoms with E-state index in [2.05, 4.69) is 15.4 Å². The number of hydrogen-bond donors (Lipinski definition) is 1. The fourth-order valence-electron chi connectivity index (χ4n) is 3.09. The number of para-hydroxylation sites is 1. The highest BCUT2D eigenvalue weighted by Gasteiger charge is 2.12. The lowest BCUT2D eigenvalue weighted by molar-refractivity contribution is -0.116. The van der Waals surface area contributed by atoms with E-state index in [1.165, 1.54) is 4.57 Å². The van der Waals surface area contributed by atoms with Crippen molar-refractivity contribution in [2.75, 3.05) is 5.32 Å². The molecule has 7 nitrogen and oxygen atoms in total. The zero-order valence-corrected chi connectivity index (χ0v) is 15.4. The predicted octanol–water partition coefficient (Wildman–Crippen LogP) is 2.59. The minimum Gasteiger partial charge on any atom is -0.322 e. The number of rotatable bonds is 5. The molecule has 0 aliphatic rings. The minimum absolute atomic E-state index is 0.105. The van der Waals surface area contributed by atoms with Crippen molar-refractivity contribution in [2.45, 2.75) is 20.0 Å². The monoisotopic (exact) mass is 373 g/mol. The van der Waals surface area contributed by atoms with E-state index < -0.39 is 0 Å². The van der Waals surface area contributed by atoms with Gasteiger partial charge in [-0.05, 0) is 24.6 Å². The molecule has 0 aliphatic carbocycles. The average molecular weight is 373 g/mol. The number of anilines is 1. The number of carbonyl (C=O) groups excluding carboxylic acids is 1. The summed E-state index contributed by atoms with van der Waals surface area (Å²) in [6, 6.07) is 17.1. The summed E-state index contributed by atoms with van der Waals surface area (Å²) in [7, 11) is 0. The predicted molar refractivity (Wildman–Crippen MR) is 107 cm³/mol. The lowest BCUT2D eigenvalue weighted by Gasteiger charge is -2.10. The van der Waals surface area contributed by atoms with Gasteiger partial charge in [-0.1, -0.05) is 42.5 Å². The summed E-state index contributed by atoms with van der Waals surface area (Å²) in [6.45, 7) is 2.23. The van der Waals surface area contributed by atoms with Gasteiger partial charge < -0.3 is 5.32 Å². The molecule has 0 fully saturated rings. The Hall–Kier alpha value is -3.74. The molecule has 1 amide bonds. The fraction of sp³-hybridized carbons (Fsp3) is 0.143. The molecule has 0 bridgehead atoms. The Morgan fingerprint density at radius 3 is 2.64 bits per heavy atom. The van der Waals surface area contributed by atoms with Gasteiger partial charge in [0, 0.05) is 6.20 Å². The third-order valence-electron chi connectivity index (χ3n) is 4.46. The van der Waals surface area contributed by atoms with Crippen LogP contribution in [0, 0.1) is 6.92 Å². The number of nitrogens with zero attached hydrogens (tertiary/aromatic N) is 4. The van der Waals surface area contributed by atoms with Crippen molar-refractivity contribution in [3.63, 3.8) is 0 Å². The molecule has 0 saturated heterocycles. The van der Waals surface area contributed by atoms with E-state index in [9.17, 15) is 9.59 Å². The lowest BCUT2D eigenvalue weighted by Crippen LogP contribution is -2.30. The van der Waals surface area contributed by atoms with Crippen LogP contribution in [0.2, 0.25) is 0 Å². The van der Waals surface area contributed by atoms with Gasteiger partial charge in [-0.25, -0.2) is 4.98 Å². The van der Waals surface area contributed by atoms with Crippen LogP contribution in [-0.4, -0.2) is 25.2 Å². The number of nitrogens with one attached hydrogen (secondary N) is 1. The summed E-state index contributed by atoms with van der Waals surface area (Å²) in [4.78, 5) is 29.5. The first kappa shape index (κ1) is 17.7. The van der Waals surface area contributed by atoms with Gasteiger partial charge in [-0.15, -0.1) is 0 Å². The first-order valence-corrected chi connectivity index (χ1v) is 8.92. The van der Waals surface area contributed by atoms with Crippen molar-refractivity contribution in [3.8, 4) is 0 Å². The van der Waals surface area contributed by atoms with Crippen molar-refractivity contribution in [2.24, 2.45) is 0 Å². The van der Waals surface area contributed by atoms with Crippen molar-refractivity contribution in [1.82, 2.24) is 19.3 Å². The third kappa shape index (κ3) is 3.68. The van der Waals surface area contributed by atoms with Crippen LogP contribution in [0.3, 0.4) is 0 Å². The van der Waals surface area contributed by atoms with Gasteiger partial charge in [-0.2, -0.15) is 5.10 Å². The Bertz CT molecular complexity index is 1190. The van der Waals surface area contributed by atoms with Crippen molar-refractivity contribution in [3.05, 3.63) is 88.7 Å². The number of aryl methyl sites for hydroxylation is 1. The molecule has 28 heavy (non-hydrogen) atoms. The smallest absolute Gasteiger partial charge is 0.261 e. The minimum atomic E-state index is -0.304. The first-order valence-electron chi connectivity index (χ1n) is 8.92. The Labute approximate surface area is 161 Å². The second-order valence-electron chi connectivity index (χ2n) is 6.53. The number of fused-ring (bicyclic) bond motifs is 1. The Morgan fingerprint density at radius 1 is 1.07 bits per heavy atom. The summed E-state index contributed by atoms with van der Waals surface area (Å²) >= 11 is 0. The highest BCUT2D eigenvalue weighted by molar-refractivity contribution is 5.90. The number of carbonyl (C=O) groups is 1. The van der Waals surface area contributed by atoms with Gasteiger partial charge >= 0.3 is 0 Å². The molecule has 0 spiro atoms. The van der Waals surface area contributed by atoms with Gasteiger partial charge in [-0.3, -0.25) is 18.8 Å². The molecule has 2 aromatic heterocycles. The van der Waals surface area contributed by atoms with Gasteiger partial charge in [0.05, 0.1) is 29.3 Å². The third-order valence-corrected chi connectivity index (χ3v) is 4.46. The second-order valence-corrected chi connectivity index (χ2v) is 6.53. The molecule has 4 aromatic rings. The Kier molecular flexibility index (Phi) is 4.72. The van der Waals surface area contributed by atoms with Crippen LogP contribution in [0.5, 0.6) is 0 Å². The molecule has 140 valence electrons. The molecule has 0 saturated carbocycles. The quantitative estimate of drug-likeness (QED) is 0.583. The number of benzene rings is 2. The van der Waals surface area contributed by atoms with Crippen LogP contribution in [0.15, 0.2) is 71.8 Å². The van der Waals surface area contributed by atoms with E-state index in [1.807, 2.05) is 36.4 Å². The largest absolute Gasteiger partial charge is 0.322 e. The summed E-state index contributed by atoms with van der Waals surface area (Å²) in [5.74, 6) is 0.195. The maximum atomic E-state index is 12.7. The molecule has 1 N–H and O–H groups in total. The molecule has 7 heteroatoms. The van der Waals surface area contributed by atoms with E-state index in [0.717, 1.165) is 5.56 Å². The topological polar surface area (TPSA) is 81.8 Å². The second kappa shape index (κ2) is 7.48. The van der Waals surface area contributed by atoms with Gasteiger partial charge in [0.25, 0.3) is 5.56 Å². The molecule has 0 unspecified atom stereocenters. The summed E-state index contributed by atoms with van der Waals surface area (Å²) in [5, 5.41) is 7.55. The molecule has 2 heterocycles. The maximum absolute atomic E-state index is 12.7. The van der Waals surface area contributed by atoms with E-state index in [0.29, 0.717) is 29.0 Å². The van der Waals surface area contributed by atoms with Crippen LogP contribution >= 0.6 is 0 Å². The van der Waals surface area contributed by atoms with E-state index in [4.69, 9.17) is 0 Å². The normalized spacial score (nSPS) is 10.9. The zero-order valence-electron chi connectivity index (χ0n) is 15.4. The number of amides is 1. The molecule has 4 rings (SSSR count). The van der Waals surface area contributed by atoms with E-state index in [-0.39, 0.29) is 18.0 Å². The Balaban J connectivity index is 1.48. The maximum Gasteiger partial charge on any atom is 0.261 e. The molecular weight excluding hydrogens is 354 g/mol. The van der Waals surface area contributed by atoms with Crippen molar-refractivity contribution < 1.29 is 4.79 Å². The summed E-state index contributed by atoms with van der Waals surface area (Å²) in [5.41, 5.74) is 2.11. The molecular formula is C21H19N5O2. The standard InChI is InChI=1S/C21H19N5O2/c1-15-23-19-10-6-5-9-18(19)21(28)26(15)14-20(27)24-17-11-22-25(13-17)12-16-7-3-2-4-8-16/h2-11,13H,12,14H2,1H3,(H,24,27). The summed E-state index contributed by atoms with van der Waals surface area (Å²) in [6.07, 6.45) is 3.36. The molecule has 0 radical (unpaired) electrons. The zero-order chi connectivity index (χ0) is 19.5. The number of aromatic nitrogens is 4. The average Bonchev–Trinajstić information content (AvgIpc) is 3.12.